The van der Waals surface area contributed by atoms with Crippen LogP contribution in [0, 0.1) is 6.92 Å². The minimum Gasteiger partial charge on any atom is -0.486 e. The van der Waals surface area contributed by atoms with Crippen LogP contribution in [0.5, 0.6) is 11.5 Å². The van der Waals surface area contributed by atoms with Crippen molar-refractivity contribution in [3.63, 3.8) is 0 Å². The van der Waals surface area contributed by atoms with Gasteiger partial charge in [0, 0.05) is 27.9 Å². The number of hydrogen-bond donors (Lipinski definition) is 2. The van der Waals surface area contributed by atoms with Crippen molar-refractivity contribution in [3.8, 4) is 22.9 Å². The van der Waals surface area contributed by atoms with Gasteiger partial charge in [0.15, 0.2) is 11.5 Å². The third-order valence-corrected chi connectivity index (χ3v) is 5.17. The first-order valence-electron chi connectivity index (χ1n) is 9.07. The number of anilines is 1. The maximum Gasteiger partial charge on any atom is 0.251 e. The number of hydrogen-bond acceptors (Lipinski definition) is 6. The zero-order valence-electron chi connectivity index (χ0n) is 15.7. The maximum absolute atomic E-state index is 12.4. The molecule has 2 N–H and O–H groups in total. The fourth-order valence-electron chi connectivity index (χ4n) is 2.92. The molecule has 0 saturated heterocycles. The number of H-pyrrole nitrogens is 1. The Kier molecular flexibility index (Phi) is 5.53. The highest BCUT2D eigenvalue weighted by Gasteiger charge is 2.13. The Morgan fingerprint density at radius 2 is 1.97 bits per heavy atom. The molecule has 1 aliphatic heterocycles. The van der Waals surface area contributed by atoms with Crippen molar-refractivity contribution < 1.29 is 14.3 Å². The van der Waals surface area contributed by atoms with Gasteiger partial charge < -0.3 is 19.8 Å². The van der Waals surface area contributed by atoms with E-state index in [1.54, 1.807) is 25.1 Å². The van der Waals surface area contributed by atoms with E-state index >= 15 is 0 Å². The lowest BCUT2D eigenvalue weighted by Crippen LogP contribution is -2.15. The Balaban J connectivity index is 1.40. The number of nitrogens with zero attached hydrogens (tertiary/aromatic N) is 1. The molecule has 0 aliphatic carbocycles. The Morgan fingerprint density at radius 3 is 2.79 bits per heavy atom. The second kappa shape index (κ2) is 8.40. The standard InChI is InChI=1S/C21H19N3O4S/c1-13-9-19(25)24-21(22-13)14-3-2-4-15(10-14)23-20(26)12-29-16-5-6-17-18(11-16)28-8-7-27-17/h2-6,9-11H,7-8,12H2,1H3,(H,23,26)(H,22,24,25). The summed E-state index contributed by atoms with van der Waals surface area (Å²) in [7, 11) is 0. The first kappa shape index (κ1) is 19.1. The number of nitrogens with one attached hydrogen (secondary N) is 2. The molecule has 8 heteroatoms. The molecular weight excluding hydrogens is 390 g/mol. The van der Waals surface area contributed by atoms with Crippen molar-refractivity contribution in [2.45, 2.75) is 11.8 Å². The van der Waals surface area contributed by atoms with E-state index in [9.17, 15) is 9.59 Å². The van der Waals surface area contributed by atoms with E-state index < -0.39 is 0 Å². The second-order valence-electron chi connectivity index (χ2n) is 6.46. The number of carbonyl (C=O) groups excluding carboxylic acids is 1. The topological polar surface area (TPSA) is 93.3 Å². The number of aromatic nitrogens is 2. The zero-order chi connectivity index (χ0) is 20.2. The lowest BCUT2D eigenvalue weighted by molar-refractivity contribution is -0.113. The summed E-state index contributed by atoms with van der Waals surface area (Å²) in [5, 5.41) is 2.88. The highest BCUT2D eigenvalue weighted by atomic mass is 32.2. The van der Waals surface area contributed by atoms with Gasteiger partial charge in [0.1, 0.15) is 19.0 Å². The average Bonchev–Trinajstić information content (AvgIpc) is 2.71. The number of aryl methyl sites for hydroxylation is 1. The van der Waals surface area contributed by atoms with Crippen LogP contribution in [0.4, 0.5) is 5.69 Å². The fourth-order valence-corrected chi connectivity index (χ4v) is 3.64. The molecule has 1 aromatic heterocycles. The summed E-state index contributed by atoms with van der Waals surface area (Å²) in [6.45, 7) is 2.84. The first-order chi connectivity index (χ1) is 14.1. The van der Waals surface area contributed by atoms with Crippen molar-refractivity contribution in [1.82, 2.24) is 9.97 Å². The van der Waals surface area contributed by atoms with Crippen molar-refractivity contribution in [2.75, 3.05) is 24.3 Å². The highest BCUT2D eigenvalue weighted by Crippen LogP contribution is 2.34. The van der Waals surface area contributed by atoms with Crippen LogP contribution in [-0.2, 0) is 4.79 Å². The van der Waals surface area contributed by atoms with Crippen molar-refractivity contribution in [1.29, 1.82) is 0 Å². The second-order valence-corrected chi connectivity index (χ2v) is 7.51. The molecule has 1 amide bonds. The van der Waals surface area contributed by atoms with Gasteiger partial charge in [0.25, 0.3) is 5.56 Å². The number of rotatable bonds is 5. The van der Waals surface area contributed by atoms with Crippen molar-refractivity contribution >= 4 is 23.4 Å². The van der Waals surface area contributed by atoms with E-state index in [4.69, 9.17) is 9.47 Å². The normalized spacial score (nSPS) is 12.4. The molecule has 7 nitrogen and oxygen atoms in total. The summed E-state index contributed by atoms with van der Waals surface area (Å²) in [5.41, 5.74) is 1.79. The van der Waals surface area contributed by atoms with E-state index in [1.165, 1.54) is 17.8 Å². The minimum atomic E-state index is -0.210. The van der Waals surface area contributed by atoms with E-state index in [2.05, 4.69) is 15.3 Å². The van der Waals surface area contributed by atoms with Crippen LogP contribution >= 0.6 is 11.8 Å². The van der Waals surface area contributed by atoms with Gasteiger partial charge in [0.05, 0.1) is 5.75 Å². The van der Waals surface area contributed by atoms with Crippen LogP contribution in [0.3, 0.4) is 0 Å². The van der Waals surface area contributed by atoms with Crippen LogP contribution < -0.4 is 20.3 Å². The quantitative estimate of drug-likeness (QED) is 0.629. The minimum absolute atomic E-state index is 0.132. The lowest BCUT2D eigenvalue weighted by Gasteiger charge is -2.18. The molecule has 1 aliphatic rings. The molecule has 0 fully saturated rings. The predicted molar refractivity (Wildman–Crippen MR) is 112 cm³/mol. The summed E-state index contributed by atoms with van der Waals surface area (Å²) in [4.78, 5) is 32.0. The molecular formula is C21H19N3O4S. The van der Waals surface area contributed by atoms with Crippen LogP contribution in [0.1, 0.15) is 5.69 Å². The Morgan fingerprint density at radius 1 is 1.14 bits per heavy atom. The van der Waals surface area contributed by atoms with Crippen molar-refractivity contribution in [3.05, 3.63) is 64.6 Å². The van der Waals surface area contributed by atoms with Gasteiger partial charge in [-0.1, -0.05) is 12.1 Å². The van der Waals surface area contributed by atoms with E-state index in [1.807, 2.05) is 24.3 Å². The Bertz CT molecular complexity index is 1110. The number of thioether (sulfide) groups is 1. The molecule has 0 radical (unpaired) electrons. The Hall–Kier alpha value is -3.26. The third-order valence-electron chi connectivity index (χ3n) is 4.17. The Labute approximate surface area is 171 Å². The molecule has 2 aromatic carbocycles. The molecule has 0 unspecified atom stereocenters. The molecule has 29 heavy (non-hydrogen) atoms. The number of amides is 1. The summed E-state index contributed by atoms with van der Waals surface area (Å²) < 4.78 is 11.1. The third kappa shape index (κ3) is 4.78. The summed E-state index contributed by atoms with van der Waals surface area (Å²) in [6.07, 6.45) is 0. The lowest BCUT2D eigenvalue weighted by atomic mass is 10.2. The van der Waals surface area contributed by atoms with Gasteiger partial charge in [-0.25, -0.2) is 4.98 Å². The fraction of sp³-hybridized carbons (Fsp3) is 0.190. The highest BCUT2D eigenvalue weighted by molar-refractivity contribution is 8.00. The van der Waals surface area contributed by atoms with Crippen LogP contribution in [0.25, 0.3) is 11.4 Å². The van der Waals surface area contributed by atoms with E-state index in [0.29, 0.717) is 36.2 Å². The van der Waals surface area contributed by atoms with Gasteiger partial charge in [-0.15, -0.1) is 11.8 Å². The van der Waals surface area contributed by atoms with Crippen molar-refractivity contribution in [2.24, 2.45) is 0 Å². The SMILES string of the molecule is Cc1cc(=O)[nH]c(-c2cccc(NC(=O)CSc3ccc4c(c3)OCCO4)c2)n1. The number of ether oxygens (including phenoxy) is 2. The van der Waals surface area contributed by atoms with Gasteiger partial charge in [-0.05, 0) is 37.3 Å². The molecule has 2 heterocycles. The number of carbonyl (C=O) groups is 1. The summed E-state index contributed by atoms with van der Waals surface area (Å²) in [5.74, 6) is 2.02. The maximum atomic E-state index is 12.4. The zero-order valence-corrected chi connectivity index (χ0v) is 16.5. The molecule has 0 bridgehead atoms. The average molecular weight is 409 g/mol. The van der Waals surface area contributed by atoms with Gasteiger partial charge in [0.2, 0.25) is 5.91 Å². The van der Waals surface area contributed by atoms with E-state index in [0.717, 1.165) is 16.2 Å². The summed E-state index contributed by atoms with van der Waals surface area (Å²) >= 11 is 1.42. The smallest absolute Gasteiger partial charge is 0.251 e. The van der Waals surface area contributed by atoms with Crippen LogP contribution in [0.15, 0.2) is 58.2 Å². The molecule has 148 valence electrons. The van der Waals surface area contributed by atoms with Crippen LogP contribution in [-0.4, -0.2) is 34.8 Å². The van der Waals surface area contributed by atoms with Gasteiger partial charge in [-0.2, -0.15) is 0 Å². The monoisotopic (exact) mass is 409 g/mol. The molecule has 0 saturated carbocycles. The summed E-state index contributed by atoms with van der Waals surface area (Å²) in [6, 6.07) is 14.3. The van der Waals surface area contributed by atoms with Gasteiger partial charge >= 0.3 is 0 Å². The predicted octanol–water partition coefficient (Wildman–Crippen LogP) is 3.25. The number of benzene rings is 2. The number of fused-ring (bicyclic) bond motifs is 1. The largest absolute Gasteiger partial charge is 0.486 e. The van der Waals surface area contributed by atoms with Crippen LogP contribution in [0.2, 0.25) is 0 Å². The molecule has 4 rings (SSSR count). The number of aromatic amines is 1. The molecule has 0 spiro atoms. The first-order valence-corrected chi connectivity index (χ1v) is 10.1. The van der Waals surface area contributed by atoms with Gasteiger partial charge in [-0.3, -0.25) is 9.59 Å². The van der Waals surface area contributed by atoms with E-state index in [-0.39, 0.29) is 17.2 Å². The molecule has 0 atom stereocenters. The molecule has 3 aromatic rings.